The van der Waals surface area contributed by atoms with E-state index in [1.54, 1.807) is 0 Å². The van der Waals surface area contributed by atoms with E-state index in [0.717, 1.165) is 42.5 Å². The number of nitrogens with zero attached hydrogens (tertiary/aromatic N) is 4. The molecular formula is C23H34ClN5. The van der Waals surface area contributed by atoms with Crippen LogP contribution in [0.25, 0.3) is 0 Å². The number of nitrogens with one attached hydrogen (secondary N) is 1. The van der Waals surface area contributed by atoms with Gasteiger partial charge in [0.1, 0.15) is 5.84 Å². The van der Waals surface area contributed by atoms with Gasteiger partial charge in [0.25, 0.3) is 0 Å². The van der Waals surface area contributed by atoms with Gasteiger partial charge in [-0.2, -0.15) is 10.2 Å². The van der Waals surface area contributed by atoms with Crippen molar-refractivity contribution in [3.63, 3.8) is 0 Å². The van der Waals surface area contributed by atoms with E-state index in [2.05, 4.69) is 32.6 Å². The van der Waals surface area contributed by atoms with Gasteiger partial charge in [-0.15, -0.1) is 0 Å². The molecule has 2 saturated carbocycles. The van der Waals surface area contributed by atoms with Crippen LogP contribution in [-0.2, 0) is 0 Å². The van der Waals surface area contributed by atoms with Crippen LogP contribution in [0.2, 0.25) is 5.02 Å². The average molecular weight is 416 g/mol. The molecule has 158 valence electrons. The highest BCUT2D eigenvalue weighted by atomic mass is 35.5. The summed E-state index contributed by atoms with van der Waals surface area (Å²) in [5.74, 6) is 0.982. The van der Waals surface area contributed by atoms with Crippen LogP contribution in [0.1, 0.15) is 76.7 Å². The molecule has 29 heavy (non-hydrogen) atoms. The standard InChI is InChI=1S/C23H34ClN5/c1-2-26-28-21-12-8-7-11-20(21)27-23-19-15-17(24)13-14-22(19)29(16-25-23)18-9-5-3-4-6-10-18/h13-15,18,20-21H,2-12,16H2,1H3,(H,25,27)/t20-,21+/m0/s1. The van der Waals surface area contributed by atoms with Crippen LogP contribution in [0.5, 0.6) is 0 Å². The van der Waals surface area contributed by atoms with Gasteiger partial charge in [-0.1, -0.05) is 50.1 Å². The highest BCUT2D eigenvalue weighted by Gasteiger charge is 2.30. The maximum atomic E-state index is 6.41. The lowest BCUT2D eigenvalue weighted by molar-refractivity contribution is 0.375. The Labute approximate surface area is 180 Å². The number of benzene rings is 1. The minimum Gasteiger partial charge on any atom is -0.352 e. The van der Waals surface area contributed by atoms with Crippen LogP contribution in [0.4, 0.5) is 5.69 Å². The van der Waals surface area contributed by atoms with E-state index in [9.17, 15) is 0 Å². The lowest BCUT2D eigenvalue weighted by Crippen LogP contribution is -2.49. The van der Waals surface area contributed by atoms with E-state index in [1.165, 1.54) is 57.1 Å². The number of fused-ring (bicyclic) bond motifs is 1. The monoisotopic (exact) mass is 415 g/mol. The van der Waals surface area contributed by atoms with E-state index in [4.69, 9.17) is 16.6 Å². The summed E-state index contributed by atoms with van der Waals surface area (Å²) in [5.41, 5.74) is 2.42. The Morgan fingerprint density at radius 2 is 1.72 bits per heavy atom. The molecule has 2 atom stereocenters. The summed E-state index contributed by atoms with van der Waals surface area (Å²) >= 11 is 6.41. The first-order chi connectivity index (χ1) is 14.3. The van der Waals surface area contributed by atoms with E-state index in [-0.39, 0.29) is 12.1 Å². The van der Waals surface area contributed by atoms with Crippen molar-refractivity contribution < 1.29 is 0 Å². The summed E-state index contributed by atoms with van der Waals surface area (Å²) in [7, 11) is 0. The maximum Gasteiger partial charge on any atom is 0.132 e. The second kappa shape index (κ2) is 9.92. The van der Waals surface area contributed by atoms with E-state index in [0.29, 0.717) is 6.04 Å². The zero-order valence-corrected chi connectivity index (χ0v) is 18.4. The van der Waals surface area contributed by atoms with Crippen LogP contribution >= 0.6 is 11.6 Å². The van der Waals surface area contributed by atoms with Gasteiger partial charge in [-0.05, 0) is 50.8 Å². The molecule has 0 unspecified atom stereocenters. The summed E-state index contributed by atoms with van der Waals surface area (Å²) in [6.45, 7) is 3.61. The van der Waals surface area contributed by atoms with Gasteiger partial charge in [0.2, 0.25) is 0 Å². The Bertz CT molecular complexity index is 739. The lowest BCUT2D eigenvalue weighted by atomic mass is 9.91. The minimum absolute atomic E-state index is 0.206. The molecule has 0 amide bonds. The normalized spacial score (nSPS) is 27.7. The molecule has 5 nitrogen and oxygen atoms in total. The first kappa shape index (κ1) is 20.6. The van der Waals surface area contributed by atoms with Gasteiger partial charge in [-0.25, -0.2) is 0 Å². The molecule has 4 rings (SSSR count). The fraction of sp³-hybridized carbons (Fsp3) is 0.696. The van der Waals surface area contributed by atoms with Crippen LogP contribution in [0.3, 0.4) is 0 Å². The highest BCUT2D eigenvalue weighted by Crippen LogP contribution is 2.33. The Kier molecular flexibility index (Phi) is 7.06. The number of hydrogen-bond donors (Lipinski definition) is 1. The predicted molar refractivity (Wildman–Crippen MR) is 121 cm³/mol. The first-order valence-electron chi connectivity index (χ1n) is 11.5. The third kappa shape index (κ3) is 4.93. The molecule has 2 aliphatic carbocycles. The second-order valence-corrected chi connectivity index (χ2v) is 9.02. The molecule has 0 spiro atoms. The Morgan fingerprint density at radius 1 is 1.00 bits per heavy atom. The van der Waals surface area contributed by atoms with Crippen molar-refractivity contribution in [3.05, 3.63) is 28.8 Å². The molecule has 1 aliphatic heterocycles. The molecule has 0 radical (unpaired) electrons. The van der Waals surface area contributed by atoms with Crippen molar-refractivity contribution in [2.45, 2.75) is 89.3 Å². The second-order valence-electron chi connectivity index (χ2n) is 8.58. The zero-order valence-electron chi connectivity index (χ0n) is 17.6. The predicted octanol–water partition coefficient (Wildman–Crippen LogP) is 5.96. The average Bonchev–Trinajstić information content (AvgIpc) is 3.03. The summed E-state index contributed by atoms with van der Waals surface area (Å²) < 4.78 is 0. The number of azo groups is 1. The molecule has 2 fully saturated rings. The third-order valence-electron chi connectivity index (χ3n) is 6.57. The molecule has 1 N–H and O–H groups in total. The van der Waals surface area contributed by atoms with Crippen molar-refractivity contribution >= 4 is 23.1 Å². The number of aliphatic imine (C=N–C) groups is 1. The lowest BCUT2D eigenvalue weighted by Gasteiger charge is -2.39. The number of amidine groups is 1. The van der Waals surface area contributed by atoms with Gasteiger partial charge in [0.05, 0.1) is 25.3 Å². The number of rotatable bonds is 4. The van der Waals surface area contributed by atoms with Crippen molar-refractivity contribution in [3.8, 4) is 0 Å². The molecule has 0 aromatic heterocycles. The summed E-state index contributed by atoms with van der Waals surface area (Å²) in [6.07, 6.45) is 12.6. The Hall–Kier alpha value is -1.62. The fourth-order valence-corrected chi connectivity index (χ4v) is 5.20. The van der Waals surface area contributed by atoms with E-state index < -0.39 is 0 Å². The molecule has 1 heterocycles. The van der Waals surface area contributed by atoms with E-state index >= 15 is 0 Å². The van der Waals surface area contributed by atoms with Gasteiger partial charge >= 0.3 is 0 Å². The topological polar surface area (TPSA) is 52.4 Å². The number of hydrogen-bond acceptors (Lipinski definition) is 4. The minimum atomic E-state index is 0.206. The third-order valence-corrected chi connectivity index (χ3v) is 6.80. The number of anilines is 1. The molecule has 6 heteroatoms. The van der Waals surface area contributed by atoms with Gasteiger partial charge in [0.15, 0.2) is 0 Å². The smallest absolute Gasteiger partial charge is 0.132 e. The maximum absolute atomic E-state index is 6.41. The summed E-state index contributed by atoms with van der Waals surface area (Å²) in [5, 5.41) is 13.3. The van der Waals surface area contributed by atoms with Gasteiger partial charge in [0, 0.05) is 22.3 Å². The van der Waals surface area contributed by atoms with Gasteiger partial charge < -0.3 is 10.2 Å². The molecule has 0 saturated heterocycles. The quantitative estimate of drug-likeness (QED) is 0.487. The largest absolute Gasteiger partial charge is 0.352 e. The molecular weight excluding hydrogens is 382 g/mol. The molecule has 1 aromatic rings. The van der Waals surface area contributed by atoms with Crippen LogP contribution in [0, 0.1) is 0 Å². The molecule has 3 aliphatic rings. The Morgan fingerprint density at radius 3 is 2.48 bits per heavy atom. The fourth-order valence-electron chi connectivity index (χ4n) is 5.03. The zero-order chi connectivity index (χ0) is 20.1. The van der Waals surface area contributed by atoms with Crippen molar-refractivity contribution in [2.24, 2.45) is 15.2 Å². The summed E-state index contributed by atoms with van der Waals surface area (Å²) in [6, 6.07) is 7.31. The number of halogens is 1. The molecule has 0 bridgehead atoms. The van der Waals surface area contributed by atoms with Crippen molar-refractivity contribution in [2.75, 3.05) is 18.1 Å². The van der Waals surface area contributed by atoms with Crippen LogP contribution in [0.15, 0.2) is 33.4 Å². The van der Waals surface area contributed by atoms with Crippen LogP contribution in [-0.4, -0.2) is 37.2 Å². The van der Waals surface area contributed by atoms with Crippen molar-refractivity contribution in [1.29, 1.82) is 0 Å². The van der Waals surface area contributed by atoms with Gasteiger partial charge in [-0.3, -0.25) is 4.99 Å². The SMILES string of the molecule is CCN=N[C@@H]1CCCC[C@@H]1N=C1NCN(C2CCCCCC2)c2ccc(Cl)cc21. The van der Waals surface area contributed by atoms with Crippen LogP contribution < -0.4 is 10.2 Å². The van der Waals surface area contributed by atoms with Crippen molar-refractivity contribution in [1.82, 2.24) is 5.32 Å². The summed E-state index contributed by atoms with van der Waals surface area (Å²) in [4.78, 5) is 7.72. The van der Waals surface area contributed by atoms with E-state index in [1.807, 2.05) is 13.0 Å². The first-order valence-corrected chi connectivity index (χ1v) is 11.9. The highest BCUT2D eigenvalue weighted by molar-refractivity contribution is 6.31. The Balaban J connectivity index is 1.62. The molecule has 1 aromatic carbocycles.